The summed E-state index contributed by atoms with van der Waals surface area (Å²) in [5.74, 6) is -3.98. The van der Waals surface area contributed by atoms with E-state index in [4.69, 9.17) is 5.73 Å². The SMILES string of the molecule is CCN(CC)S(=O)(=O)c1ccc(C)c(C(=O)NCC(F)(F)CN)c1. The Labute approximate surface area is 141 Å². The maximum absolute atomic E-state index is 13.2. The first kappa shape index (κ1) is 20.5. The van der Waals surface area contributed by atoms with Crippen molar-refractivity contribution in [2.45, 2.75) is 31.6 Å². The van der Waals surface area contributed by atoms with Crippen LogP contribution < -0.4 is 11.1 Å². The number of amides is 1. The number of rotatable bonds is 8. The largest absolute Gasteiger partial charge is 0.346 e. The van der Waals surface area contributed by atoms with Gasteiger partial charge in [-0.2, -0.15) is 4.31 Å². The van der Waals surface area contributed by atoms with Gasteiger partial charge in [-0.25, -0.2) is 17.2 Å². The average Bonchev–Trinajstić information content (AvgIpc) is 2.53. The third-order valence-electron chi connectivity index (χ3n) is 3.60. The van der Waals surface area contributed by atoms with Crippen molar-refractivity contribution < 1.29 is 22.0 Å². The summed E-state index contributed by atoms with van der Waals surface area (Å²) < 4.78 is 52.6. The number of hydrogen-bond donors (Lipinski definition) is 2. The molecule has 0 aliphatic carbocycles. The zero-order valence-electron chi connectivity index (χ0n) is 14.0. The highest BCUT2D eigenvalue weighted by molar-refractivity contribution is 7.89. The van der Waals surface area contributed by atoms with Crippen molar-refractivity contribution in [3.63, 3.8) is 0 Å². The van der Waals surface area contributed by atoms with Crippen LogP contribution in [-0.4, -0.2) is 50.7 Å². The van der Waals surface area contributed by atoms with Crippen LogP contribution in [0.15, 0.2) is 23.1 Å². The number of carbonyl (C=O) groups is 1. The van der Waals surface area contributed by atoms with Crippen molar-refractivity contribution in [3.8, 4) is 0 Å². The Balaban J connectivity index is 3.13. The number of hydrogen-bond acceptors (Lipinski definition) is 4. The maximum Gasteiger partial charge on any atom is 0.277 e. The second-order valence-electron chi connectivity index (χ2n) is 5.31. The zero-order valence-corrected chi connectivity index (χ0v) is 14.8. The molecule has 0 unspecified atom stereocenters. The van der Waals surface area contributed by atoms with Gasteiger partial charge in [-0.1, -0.05) is 19.9 Å². The smallest absolute Gasteiger partial charge is 0.277 e. The summed E-state index contributed by atoms with van der Waals surface area (Å²) in [5.41, 5.74) is 5.45. The van der Waals surface area contributed by atoms with Gasteiger partial charge in [0, 0.05) is 18.7 Å². The molecule has 1 amide bonds. The number of nitrogens with zero attached hydrogens (tertiary/aromatic N) is 1. The fourth-order valence-electron chi connectivity index (χ4n) is 2.10. The van der Waals surface area contributed by atoms with Crippen LogP contribution in [0.5, 0.6) is 0 Å². The summed E-state index contributed by atoms with van der Waals surface area (Å²) >= 11 is 0. The van der Waals surface area contributed by atoms with E-state index < -0.39 is 34.9 Å². The van der Waals surface area contributed by atoms with E-state index in [-0.39, 0.29) is 23.5 Å². The summed E-state index contributed by atoms with van der Waals surface area (Å²) in [5, 5.41) is 2.09. The lowest BCUT2D eigenvalue weighted by Crippen LogP contribution is -2.41. The molecule has 1 rings (SSSR count). The molecule has 24 heavy (non-hydrogen) atoms. The number of benzene rings is 1. The van der Waals surface area contributed by atoms with Crippen LogP contribution in [0.3, 0.4) is 0 Å². The molecule has 0 radical (unpaired) electrons. The van der Waals surface area contributed by atoms with Gasteiger partial charge >= 0.3 is 0 Å². The highest BCUT2D eigenvalue weighted by atomic mass is 32.2. The minimum Gasteiger partial charge on any atom is -0.346 e. The molecule has 0 bridgehead atoms. The Hall–Kier alpha value is -1.58. The Bertz CT molecular complexity index is 689. The summed E-state index contributed by atoms with van der Waals surface area (Å²) in [4.78, 5) is 12.1. The standard InChI is InChI=1S/C15H23F2N3O3S/c1-4-20(5-2)24(22,23)12-7-6-11(3)13(8-12)14(21)19-10-15(16,17)9-18/h6-8H,4-5,9-10,18H2,1-3H3,(H,19,21). The van der Waals surface area contributed by atoms with Gasteiger partial charge in [-0.05, 0) is 24.6 Å². The highest BCUT2D eigenvalue weighted by Gasteiger charge is 2.28. The van der Waals surface area contributed by atoms with Crippen LogP contribution in [0.4, 0.5) is 8.78 Å². The van der Waals surface area contributed by atoms with Crippen LogP contribution in [0.1, 0.15) is 29.8 Å². The number of carbonyl (C=O) groups excluding carboxylic acids is 1. The molecular weight excluding hydrogens is 340 g/mol. The van der Waals surface area contributed by atoms with E-state index in [1.54, 1.807) is 20.8 Å². The maximum atomic E-state index is 13.2. The lowest BCUT2D eigenvalue weighted by Gasteiger charge is -2.19. The van der Waals surface area contributed by atoms with Gasteiger partial charge in [0.15, 0.2) is 0 Å². The van der Waals surface area contributed by atoms with Gasteiger partial charge in [-0.15, -0.1) is 0 Å². The van der Waals surface area contributed by atoms with Crippen LogP contribution in [-0.2, 0) is 10.0 Å². The number of halogens is 2. The monoisotopic (exact) mass is 363 g/mol. The Morgan fingerprint density at radius 2 is 1.88 bits per heavy atom. The lowest BCUT2D eigenvalue weighted by molar-refractivity contribution is 0.0118. The van der Waals surface area contributed by atoms with Crippen molar-refractivity contribution in [1.29, 1.82) is 0 Å². The predicted molar refractivity (Wildman–Crippen MR) is 87.6 cm³/mol. The van der Waals surface area contributed by atoms with Crippen molar-refractivity contribution in [1.82, 2.24) is 9.62 Å². The van der Waals surface area contributed by atoms with E-state index >= 15 is 0 Å². The van der Waals surface area contributed by atoms with E-state index in [0.717, 1.165) is 0 Å². The van der Waals surface area contributed by atoms with Crippen LogP contribution in [0.25, 0.3) is 0 Å². The predicted octanol–water partition coefficient (Wildman–Crippen LogP) is 1.35. The van der Waals surface area contributed by atoms with E-state index in [2.05, 4.69) is 5.32 Å². The molecule has 0 fully saturated rings. The molecule has 0 saturated heterocycles. The Morgan fingerprint density at radius 3 is 2.38 bits per heavy atom. The molecular formula is C15H23F2N3O3S. The van der Waals surface area contributed by atoms with Gasteiger partial charge in [0.05, 0.1) is 18.0 Å². The number of aryl methyl sites for hydroxylation is 1. The molecule has 0 saturated carbocycles. The topological polar surface area (TPSA) is 92.5 Å². The zero-order chi connectivity index (χ0) is 18.5. The van der Waals surface area contributed by atoms with E-state index in [0.29, 0.717) is 5.56 Å². The van der Waals surface area contributed by atoms with E-state index in [1.807, 2.05) is 0 Å². The van der Waals surface area contributed by atoms with Gasteiger partial charge in [-0.3, -0.25) is 4.79 Å². The Morgan fingerprint density at radius 1 is 1.29 bits per heavy atom. The van der Waals surface area contributed by atoms with E-state index in [1.165, 1.54) is 22.5 Å². The van der Waals surface area contributed by atoms with Gasteiger partial charge in [0.2, 0.25) is 10.0 Å². The third kappa shape index (κ3) is 4.71. The second kappa shape index (κ2) is 8.00. The highest BCUT2D eigenvalue weighted by Crippen LogP contribution is 2.20. The first-order chi connectivity index (χ1) is 11.1. The number of nitrogens with two attached hydrogens (primary N) is 1. The van der Waals surface area contributed by atoms with Crippen molar-refractivity contribution in [2.24, 2.45) is 5.73 Å². The summed E-state index contributed by atoms with van der Waals surface area (Å²) in [6, 6.07) is 4.08. The lowest BCUT2D eigenvalue weighted by atomic mass is 10.1. The van der Waals surface area contributed by atoms with Crippen LogP contribution in [0.2, 0.25) is 0 Å². The van der Waals surface area contributed by atoms with Crippen LogP contribution >= 0.6 is 0 Å². The molecule has 0 aromatic heterocycles. The molecule has 0 spiro atoms. The fourth-order valence-corrected chi connectivity index (χ4v) is 3.58. The molecule has 0 aliphatic rings. The van der Waals surface area contributed by atoms with Gasteiger partial charge in [0.25, 0.3) is 11.8 Å². The molecule has 1 aromatic rings. The molecule has 0 heterocycles. The first-order valence-electron chi connectivity index (χ1n) is 7.56. The number of nitrogens with one attached hydrogen (secondary N) is 1. The summed E-state index contributed by atoms with van der Waals surface area (Å²) in [6.07, 6.45) is 0. The van der Waals surface area contributed by atoms with Crippen molar-refractivity contribution in [2.75, 3.05) is 26.2 Å². The molecule has 3 N–H and O–H groups in total. The van der Waals surface area contributed by atoms with Crippen molar-refractivity contribution >= 4 is 15.9 Å². The fraction of sp³-hybridized carbons (Fsp3) is 0.533. The van der Waals surface area contributed by atoms with Gasteiger partial charge < -0.3 is 11.1 Å². The average molecular weight is 363 g/mol. The molecule has 136 valence electrons. The molecule has 9 heteroatoms. The Kier molecular flexibility index (Phi) is 6.82. The molecule has 6 nitrogen and oxygen atoms in total. The summed E-state index contributed by atoms with van der Waals surface area (Å²) in [7, 11) is -3.74. The minimum atomic E-state index is -3.74. The normalized spacial score (nSPS) is 12.5. The van der Waals surface area contributed by atoms with Crippen LogP contribution in [0, 0.1) is 6.92 Å². The minimum absolute atomic E-state index is 0.0380. The molecule has 0 atom stereocenters. The molecule has 0 aliphatic heterocycles. The third-order valence-corrected chi connectivity index (χ3v) is 5.65. The van der Waals surface area contributed by atoms with E-state index in [9.17, 15) is 22.0 Å². The first-order valence-corrected chi connectivity index (χ1v) is 9.00. The molecule has 1 aromatic carbocycles. The second-order valence-corrected chi connectivity index (χ2v) is 7.25. The number of alkyl halides is 2. The van der Waals surface area contributed by atoms with Crippen molar-refractivity contribution in [3.05, 3.63) is 29.3 Å². The van der Waals surface area contributed by atoms with Gasteiger partial charge in [0.1, 0.15) is 0 Å². The number of sulfonamides is 1. The summed E-state index contributed by atoms with van der Waals surface area (Å²) in [6.45, 7) is 3.80. The quantitative estimate of drug-likeness (QED) is 0.729.